The van der Waals surface area contributed by atoms with E-state index < -0.39 is 11.9 Å². The molecule has 0 unspecified atom stereocenters. The van der Waals surface area contributed by atoms with Crippen LogP contribution in [-0.4, -0.2) is 66.5 Å². The summed E-state index contributed by atoms with van der Waals surface area (Å²) < 4.78 is 0. The van der Waals surface area contributed by atoms with Gasteiger partial charge in [-0.3, -0.25) is 19.3 Å². The molecule has 1 aromatic carbocycles. The number of hydrogen-bond donors (Lipinski definition) is 2. The third-order valence-electron chi connectivity index (χ3n) is 4.35. The number of piperidine rings is 1. The van der Waals surface area contributed by atoms with Crippen molar-refractivity contribution in [2.24, 2.45) is 5.73 Å². The molecular weight excluding hydrogens is 352 g/mol. The van der Waals surface area contributed by atoms with Crippen LogP contribution in [0.25, 0.3) is 0 Å². The Labute approximate surface area is 158 Å². The lowest BCUT2D eigenvalue weighted by Crippen LogP contribution is -2.53. The Morgan fingerprint density at radius 1 is 1.27 bits per heavy atom. The maximum atomic E-state index is 12.5. The predicted octanol–water partition coefficient (Wildman–Crippen LogP) is 1.15. The number of thioether (sulfide) groups is 1. The van der Waals surface area contributed by atoms with Gasteiger partial charge in [-0.25, -0.2) is 0 Å². The molecule has 0 bridgehead atoms. The Balaban J connectivity index is 1.88. The van der Waals surface area contributed by atoms with Crippen LogP contribution >= 0.6 is 11.8 Å². The van der Waals surface area contributed by atoms with Crippen LogP contribution in [0, 0.1) is 0 Å². The van der Waals surface area contributed by atoms with Crippen LogP contribution in [0.2, 0.25) is 0 Å². The van der Waals surface area contributed by atoms with E-state index in [1.165, 1.54) is 0 Å². The third-order valence-corrected chi connectivity index (χ3v) is 5.15. The molecule has 1 heterocycles. The molecule has 1 aliphatic rings. The quantitative estimate of drug-likeness (QED) is 0.694. The van der Waals surface area contributed by atoms with Gasteiger partial charge in [0.1, 0.15) is 6.04 Å². The Morgan fingerprint density at radius 3 is 2.69 bits per heavy atom. The Hall–Kier alpha value is -2.06. The Bertz CT molecular complexity index is 668. The highest BCUT2D eigenvalue weighted by atomic mass is 32.2. The van der Waals surface area contributed by atoms with Crippen molar-refractivity contribution in [2.45, 2.75) is 30.2 Å². The predicted molar refractivity (Wildman–Crippen MR) is 103 cm³/mol. The molecule has 0 spiro atoms. The number of rotatable bonds is 7. The molecule has 142 valence electrons. The summed E-state index contributed by atoms with van der Waals surface area (Å²) in [5, 5.41) is 2.87. The van der Waals surface area contributed by atoms with Crippen molar-refractivity contribution in [1.29, 1.82) is 0 Å². The summed E-state index contributed by atoms with van der Waals surface area (Å²) in [5.74, 6) is -0.827. The maximum Gasteiger partial charge on any atom is 0.240 e. The molecule has 1 atom stereocenters. The van der Waals surface area contributed by atoms with E-state index in [-0.39, 0.29) is 24.9 Å². The fraction of sp³-hybridized carbons (Fsp3) is 0.500. The molecule has 2 rings (SSSR count). The van der Waals surface area contributed by atoms with Crippen LogP contribution in [0.15, 0.2) is 29.2 Å². The summed E-state index contributed by atoms with van der Waals surface area (Å²) >= 11 is 1.56. The average Bonchev–Trinajstić information content (AvgIpc) is 2.61. The van der Waals surface area contributed by atoms with Gasteiger partial charge in [-0.05, 0) is 44.7 Å². The van der Waals surface area contributed by atoms with E-state index in [2.05, 4.69) is 5.32 Å². The molecule has 3 N–H and O–H groups in total. The molecule has 0 aromatic heterocycles. The van der Waals surface area contributed by atoms with E-state index in [0.717, 1.165) is 23.4 Å². The first-order valence-electron chi connectivity index (χ1n) is 8.62. The van der Waals surface area contributed by atoms with E-state index in [1.807, 2.05) is 30.5 Å². The largest absolute Gasteiger partial charge is 0.368 e. The lowest BCUT2D eigenvalue weighted by molar-refractivity contribution is -0.141. The summed E-state index contributed by atoms with van der Waals surface area (Å²) in [6, 6.07) is 7.03. The number of likely N-dealkylation sites (tertiary alicyclic amines) is 1. The topological polar surface area (TPSA) is 95.7 Å². The van der Waals surface area contributed by atoms with Crippen molar-refractivity contribution in [1.82, 2.24) is 9.80 Å². The number of para-hydroxylation sites is 1. The second-order valence-electron chi connectivity index (χ2n) is 6.42. The second-order valence-corrected chi connectivity index (χ2v) is 7.27. The van der Waals surface area contributed by atoms with Crippen molar-refractivity contribution >= 4 is 35.2 Å². The molecule has 0 aliphatic carbocycles. The standard InChI is InChI=1S/C18H26N4O3S/c1-21(11-16(23)20-13-7-3-4-9-15(13)26-2)12-17(24)22-10-6-5-8-14(22)18(19)25/h3-4,7,9,14H,5-6,8,10-12H2,1-2H3,(H2,19,25)(H,20,23)/t14-/m0/s1. The highest BCUT2D eigenvalue weighted by molar-refractivity contribution is 7.98. The molecule has 7 nitrogen and oxygen atoms in total. The lowest BCUT2D eigenvalue weighted by atomic mass is 10.0. The number of likely N-dealkylation sites (N-methyl/N-ethyl adjacent to an activating group) is 1. The zero-order valence-corrected chi connectivity index (χ0v) is 16.1. The molecule has 1 aliphatic heterocycles. The fourth-order valence-corrected chi connectivity index (χ4v) is 3.64. The lowest BCUT2D eigenvalue weighted by Gasteiger charge is -2.34. The number of primary amides is 1. The minimum atomic E-state index is -0.535. The van der Waals surface area contributed by atoms with E-state index in [1.54, 1.807) is 28.6 Å². The number of nitrogens with zero attached hydrogens (tertiary/aromatic N) is 2. The first-order valence-corrected chi connectivity index (χ1v) is 9.85. The highest BCUT2D eigenvalue weighted by Gasteiger charge is 2.30. The number of benzene rings is 1. The average molecular weight is 378 g/mol. The van der Waals surface area contributed by atoms with Crippen molar-refractivity contribution in [2.75, 3.05) is 38.3 Å². The second kappa shape index (κ2) is 9.59. The number of carbonyl (C=O) groups excluding carboxylic acids is 3. The maximum absolute atomic E-state index is 12.5. The molecule has 26 heavy (non-hydrogen) atoms. The number of nitrogens with two attached hydrogens (primary N) is 1. The highest BCUT2D eigenvalue weighted by Crippen LogP contribution is 2.24. The van der Waals surface area contributed by atoms with Crippen molar-refractivity contribution in [3.05, 3.63) is 24.3 Å². The summed E-state index contributed by atoms with van der Waals surface area (Å²) in [4.78, 5) is 40.5. The van der Waals surface area contributed by atoms with Crippen molar-refractivity contribution in [3.63, 3.8) is 0 Å². The number of amides is 3. The zero-order chi connectivity index (χ0) is 19.1. The molecular formula is C18H26N4O3S. The third kappa shape index (κ3) is 5.47. The van der Waals surface area contributed by atoms with Crippen LogP contribution < -0.4 is 11.1 Å². The molecule has 1 aromatic rings. The Kier molecular flexibility index (Phi) is 7.47. The molecule has 0 saturated carbocycles. The van der Waals surface area contributed by atoms with Crippen LogP contribution in [-0.2, 0) is 14.4 Å². The SMILES string of the molecule is CSc1ccccc1NC(=O)CN(C)CC(=O)N1CCCC[C@H]1C(N)=O. The van der Waals surface area contributed by atoms with Gasteiger partial charge in [0.25, 0.3) is 0 Å². The van der Waals surface area contributed by atoms with Gasteiger partial charge in [0.05, 0.1) is 18.8 Å². The van der Waals surface area contributed by atoms with Gasteiger partial charge in [-0.2, -0.15) is 0 Å². The number of hydrogen-bond acceptors (Lipinski definition) is 5. The van der Waals surface area contributed by atoms with Gasteiger partial charge >= 0.3 is 0 Å². The molecule has 0 radical (unpaired) electrons. The Morgan fingerprint density at radius 2 is 2.00 bits per heavy atom. The number of carbonyl (C=O) groups is 3. The van der Waals surface area contributed by atoms with E-state index in [0.29, 0.717) is 13.0 Å². The monoisotopic (exact) mass is 378 g/mol. The molecule has 8 heteroatoms. The summed E-state index contributed by atoms with van der Waals surface area (Å²) in [6.45, 7) is 0.693. The van der Waals surface area contributed by atoms with Crippen molar-refractivity contribution < 1.29 is 14.4 Å². The van der Waals surface area contributed by atoms with Gasteiger partial charge < -0.3 is 16.0 Å². The number of anilines is 1. The molecule has 3 amide bonds. The van der Waals surface area contributed by atoms with Crippen LogP contribution in [0.3, 0.4) is 0 Å². The van der Waals surface area contributed by atoms with Crippen molar-refractivity contribution in [3.8, 4) is 0 Å². The van der Waals surface area contributed by atoms with Gasteiger partial charge in [-0.1, -0.05) is 12.1 Å². The first-order chi connectivity index (χ1) is 12.4. The normalized spacial score (nSPS) is 17.2. The first kappa shape index (κ1) is 20.3. The minimum absolute atomic E-state index is 0.0708. The van der Waals surface area contributed by atoms with Crippen LogP contribution in [0.4, 0.5) is 5.69 Å². The van der Waals surface area contributed by atoms with E-state index >= 15 is 0 Å². The molecule has 1 saturated heterocycles. The van der Waals surface area contributed by atoms with E-state index in [9.17, 15) is 14.4 Å². The number of nitrogens with one attached hydrogen (secondary N) is 1. The zero-order valence-electron chi connectivity index (χ0n) is 15.2. The van der Waals surface area contributed by atoms with Crippen LogP contribution in [0.1, 0.15) is 19.3 Å². The molecule has 1 fully saturated rings. The van der Waals surface area contributed by atoms with Gasteiger partial charge in [0.15, 0.2) is 0 Å². The van der Waals surface area contributed by atoms with Gasteiger partial charge in [0, 0.05) is 11.4 Å². The summed E-state index contributed by atoms with van der Waals surface area (Å²) in [6.07, 6.45) is 4.32. The fourth-order valence-electron chi connectivity index (χ4n) is 3.09. The van der Waals surface area contributed by atoms with Gasteiger partial charge in [-0.15, -0.1) is 11.8 Å². The van der Waals surface area contributed by atoms with Gasteiger partial charge in [0.2, 0.25) is 17.7 Å². The summed E-state index contributed by atoms with van der Waals surface area (Å²) in [7, 11) is 1.71. The van der Waals surface area contributed by atoms with Crippen LogP contribution in [0.5, 0.6) is 0 Å². The summed E-state index contributed by atoms with van der Waals surface area (Å²) in [5.41, 5.74) is 6.17. The minimum Gasteiger partial charge on any atom is -0.368 e. The smallest absolute Gasteiger partial charge is 0.240 e. The van der Waals surface area contributed by atoms with E-state index in [4.69, 9.17) is 5.73 Å².